The lowest BCUT2D eigenvalue weighted by Gasteiger charge is -2.18. The molecule has 0 spiro atoms. The first-order chi connectivity index (χ1) is 9.28. The fourth-order valence-corrected chi connectivity index (χ4v) is 1.98. The fourth-order valence-electron chi connectivity index (χ4n) is 1.98. The Morgan fingerprint density at radius 3 is 2.68 bits per heavy atom. The first-order valence-electron chi connectivity index (χ1n) is 6.11. The largest absolute Gasteiger partial charge is 0.329 e. The average Bonchev–Trinajstić information content (AvgIpc) is 2.94. The quantitative estimate of drug-likeness (QED) is 0.775. The van der Waals surface area contributed by atoms with E-state index in [0.29, 0.717) is 6.54 Å². The Labute approximate surface area is 111 Å². The van der Waals surface area contributed by atoms with Crippen molar-refractivity contribution in [2.75, 3.05) is 11.9 Å². The molecule has 0 aliphatic carbocycles. The number of anilines is 2. The van der Waals surface area contributed by atoms with Gasteiger partial charge in [0.05, 0.1) is 6.20 Å². The number of fused-ring (bicyclic) bond motifs is 1. The van der Waals surface area contributed by atoms with E-state index in [4.69, 9.17) is 5.73 Å². The van der Waals surface area contributed by atoms with E-state index in [1.165, 1.54) is 0 Å². The first kappa shape index (κ1) is 11.7. The number of hydrogen-bond donors (Lipinski definition) is 1. The summed E-state index contributed by atoms with van der Waals surface area (Å²) in [4.78, 5) is 6.59. The van der Waals surface area contributed by atoms with Gasteiger partial charge in [-0.3, -0.25) is 0 Å². The number of nitrogens with zero attached hydrogens (tertiary/aromatic N) is 4. The van der Waals surface area contributed by atoms with Gasteiger partial charge in [0.2, 0.25) is 0 Å². The number of rotatable bonds is 3. The highest BCUT2D eigenvalue weighted by Gasteiger charge is 2.06. The van der Waals surface area contributed by atoms with Gasteiger partial charge >= 0.3 is 0 Å². The summed E-state index contributed by atoms with van der Waals surface area (Å²) in [5.41, 5.74) is 8.64. The lowest BCUT2D eigenvalue weighted by Crippen LogP contribution is -2.12. The molecule has 5 nitrogen and oxygen atoms in total. The number of hydrogen-bond acceptors (Lipinski definition) is 4. The van der Waals surface area contributed by atoms with Gasteiger partial charge in [0, 0.05) is 31.5 Å². The van der Waals surface area contributed by atoms with Crippen LogP contribution >= 0.6 is 0 Å². The molecule has 96 valence electrons. The predicted molar refractivity (Wildman–Crippen MR) is 75.4 cm³/mol. The molecule has 19 heavy (non-hydrogen) atoms. The van der Waals surface area contributed by atoms with Crippen LogP contribution in [-0.4, -0.2) is 21.6 Å². The molecular formula is C14H15N5. The Hall–Kier alpha value is -2.40. The molecule has 3 aromatic rings. The van der Waals surface area contributed by atoms with Crippen LogP contribution in [0.2, 0.25) is 0 Å². The topological polar surface area (TPSA) is 59.5 Å². The lowest BCUT2D eigenvalue weighted by atomic mass is 10.2. The summed E-state index contributed by atoms with van der Waals surface area (Å²) in [7, 11) is 1.99. The van der Waals surface area contributed by atoms with E-state index in [2.05, 4.69) is 10.1 Å². The van der Waals surface area contributed by atoms with E-state index < -0.39 is 0 Å². The Morgan fingerprint density at radius 1 is 1.16 bits per heavy atom. The van der Waals surface area contributed by atoms with Crippen molar-refractivity contribution >= 4 is 17.2 Å². The maximum Gasteiger partial charge on any atom is 0.157 e. The minimum Gasteiger partial charge on any atom is -0.329 e. The lowest BCUT2D eigenvalue weighted by molar-refractivity contribution is 0.933. The molecule has 3 rings (SSSR count). The number of benzene rings is 1. The van der Waals surface area contributed by atoms with Crippen LogP contribution in [0.3, 0.4) is 0 Å². The minimum absolute atomic E-state index is 0.560. The molecule has 1 aromatic carbocycles. The second kappa shape index (κ2) is 4.70. The van der Waals surface area contributed by atoms with E-state index >= 15 is 0 Å². The highest BCUT2D eigenvalue weighted by Crippen LogP contribution is 2.22. The van der Waals surface area contributed by atoms with Crippen LogP contribution < -0.4 is 10.6 Å². The van der Waals surface area contributed by atoms with Crippen molar-refractivity contribution in [3.8, 4) is 0 Å². The van der Waals surface area contributed by atoms with Gasteiger partial charge in [-0.25, -0.2) is 9.50 Å². The van der Waals surface area contributed by atoms with Crippen LogP contribution in [0.15, 0.2) is 48.8 Å². The van der Waals surface area contributed by atoms with Gasteiger partial charge in [-0.2, -0.15) is 5.10 Å². The molecule has 0 saturated heterocycles. The van der Waals surface area contributed by atoms with Crippen LogP contribution in [0, 0.1) is 0 Å². The average molecular weight is 253 g/mol. The van der Waals surface area contributed by atoms with Crippen molar-refractivity contribution in [3.63, 3.8) is 0 Å². The van der Waals surface area contributed by atoms with E-state index in [1.54, 1.807) is 10.7 Å². The van der Waals surface area contributed by atoms with E-state index in [1.807, 2.05) is 54.5 Å². The van der Waals surface area contributed by atoms with Crippen molar-refractivity contribution in [1.82, 2.24) is 14.6 Å². The van der Waals surface area contributed by atoms with Crippen LogP contribution in [0.4, 0.5) is 11.5 Å². The third kappa shape index (κ3) is 2.15. The molecule has 0 atom stereocenters. The fraction of sp³-hybridized carbons (Fsp3) is 0.143. The van der Waals surface area contributed by atoms with Gasteiger partial charge in [0.1, 0.15) is 5.82 Å². The Balaban J connectivity index is 1.94. The molecule has 2 aromatic heterocycles. The van der Waals surface area contributed by atoms with Gasteiger partial charge < -0.3 is 10.6 Å². The third-order valence-corrected chi connectivity index (χ3v) is 3.15. The second-order valence-electron chi connectivity index (χ2n) is 4.35. The normalized spacial score (nSPS) is 10.8. The minimum atomic E-state index is 0.560. The summed E-state index contributed by atoms with van der Waals surface area (Å²) in [6.07, 6.45) is 3.64. The molecule has 5 heteroatoms. The summed E-state index contributed by atoms with van der Waals surface area (Å²) in [6, 6.07) is 12.0. The summed E-state index contributed by atoms with van der Waals surface area (Å²) >= 11 is 0. The van der Waals surface area contributed by atoms with Crippen molar-refractivity contribution in [1.29, 1.82) is 0 Å². The first-order valence-corrected chi connectivity index (χ1v) is 6.11. The summed E-state index contributed by atoms with van der Waals surface area (Å²) in [6.45, 7) is 0.560. The Kier molecular flexibility index (Phi) is 2.89. The molecule has 2 heterocycles. The molecule has 0 bridgehead atoms. The van der Waals surface area contributed by atoms with Crippen LogP contribution in [0.25, 0.3) is 5.65 Å². The van der Waals surface area contributed by atoms with E-state index in [9.17, 15) is 0 Å². The number of aromatic nitrogens is 3. The highest BCUT2D eigenvalue weighted by molar-refractivity contribution is 5.61. The predicted octanol–water partition coefficient (Wildman–Crippen LogP) is 1.96. The smallest absolute Gasteiger partial charge is 0.157 e. The number of nitrogens with two attached hydrogens (primary N) is 1. The molecule has 2 N–H and O–H groups in total. The second-order valence-corrected chi connectivity index (χ2v) is 4.35. The highest BCUT2D eigenvalue weighted by atomic mass is 15.3. The summed E-state index contributed by atoms with van der Waals surface area (Å²) in [5.74, 6) is 0.883. The van der Waals surface area contributed by atoms with Crippen molar-refractivity contribution in [2.45, 2.75) is 6.54 Å². The molecule has 0 aliphatic heterocycles. The molecular weight excluding hydrogens is 238 g/mol. The van der Waals surface area contributed by atoms with Crippen molar-refractivity contribution in [3.05, 3.63) is 54.4 Å². The van der Waals surface area contributed by atoms with Gasteiger partial charge in [-0.1, -0.05) is 12.1 Å². The summed E-state index contributed by atoms with van der Waals surface area (Å²) in [5, 5.41) is 4.14. The van der Waals surface area contributed by atoms with Gasteiger partial charge in [-0.05, 0) is 23.8 Å². The van der Waals surface area contributed by atoms with E-state index in [0.717, 1.165) is 22.7 Å². The van der Waals surface area contributed by atoms with Crippen molar-refractivity contribution in [2.24, 2.45) is 5.73 Å². The van der Waals surface area contributed by atoms with Gasteiger partial charge in [0.25, 0.3) is 0 Å². The molecule has 0 aliphatic rings. The maximum absolute atomic E-state index is 5.60. The van der Waals surface area contributed by atoms with Crippen molar-refractivity contribution < 1.29 is 0 Å². The van der Waals surface area contributed by atoms with Gasteiger partial charge in [0.15, 0.2) is 5.65 Å². The zero-order chi connectivity index (χ0) is 13.2. The molecule has 0 amide bonds. The van der Waals surface area contributed by atoms with E-state index in [-0.39, 0.29) is 0 Å². The zero-order valence-electron chi connectivity index (χ0n) is 10.7. The molecule has 0 saturated carbocycles. The van der Waals surface area contributed by atoms with Crippen LogP contribution in [0.5, 0.6) is 0 Å². The third-order valence-electron chi connectivity index (χ3n) is 3.15. The summed E-state index contributed by atoms with van der Waals surface area (Å²) < 4.78 is 1.74. The molecule has 0 unspecified atom stereocenters. The monoisotopic (exact) mass is 253 g/mol. The zero-order valence-corrected chi connectivity index (χ0v) is 10.7. The Morgan fingerprint density at radius 2 is 1.95 bits per heavy atom. The molecule has 0 radical (unpaired) electrons. The van der Waals surface area contributed by atoms with Crippen LogP contribution in [-0.2, 0) is 6.54 Å². The van der Waals surface area contributed by atoms with Crippen LogP contribution in [0.1, 0.15) is 5.56 Å². The molecule has 0 fully saturated rings. The standard InChI is InChI=1S/C14H15N5/c1-18(12-4-2-11(10-15)3-5-12)13-7-9-19-14(17-13)6-8-16-19/h2-9H,10,15H2,1H3. The maximum atomic E-state index is 5.60. The SMILES string of the molecule is CN(c1ccc(CN)cc1)c1ccn2nccc2n1. The van der Waals surface area contributed by atoms with Gasteiger partial charge in [-0.15, -0.1) is 0 Å². The Bertz CT molecular complexity index is 686.